The first-order chi connectivity index (χ1) is 20.1. The third kappa shape index (κ3) is 7.39. The second-order valence-electron chi connectivity index (χ2n) is 10.1. The molecule has 1 aliphatic rings. The highest BCUT2D eigenvalue weighted by Gasteiger charge is 2.33. The molecule has 0 saturated carbocycles. The van der Waals surface area contributed by atoms with Crippen molar-refractivity contribution in [1.82, 2.24) is 10.2 Å². The predicted octanol–water partition coefficient (Wildman–Crippen LogP) is 4.17. The normalized spacial score (nSPS) is 14.0. The molecule has 11 heteroatoms. The molecule has 2 unspecified atom stereocenters. The first-order valence-corrected chi connectivity index (χ1v) is 15.4. The Bertz CT molecular complexity index is 1480. The molecular formula is C31H36FN3O6S. The van der Waals surface area contributed by atoms with Crippen molar-refractivity contribution < 1.29 is 31.9 Å². The smallest absolute Gasteiger partial charge is 0.264 e. The summed E-state index contributed by atoms with van der Waals surface area (Å²) < 4.78 is 53.9. The van der Waals surface area contributed by atoms with E-state index in [2.05, 4.69) is 5.32 Å². The number of amides is 2. The van der Waals surface area contributed by atoms with Crippen molar-refractivity contribution in [2.75, 3.05) is 30.6 Å². The monoisotopic (exact) mass is 597 g/mol. The van der Waals surface area contributed by atoms with Crippen LogP contribution in [-0.4, -0.2) is 63.5 Å². The van der Waals surface area contributed by atoms with Gasteiger partial charge in [-0.1, -0.05) is 37.3 Å². The molecule has 1 N–H and O–H groups in total. The second-order valence-corrected chi connectivity index (χ2v) is 12.0. The first kappa shape index (κ1) is 30.8. The predicted molar refractivity (Wildman–Crippen MR) is 158 cm³/mol. The number of ether oxygens (including phenoxy) is 2. The van der Waals surface area contributed by atoms with Crippen molar-refractivity contribution >= 4 is 27.5 Å². The zero-order valence-electron chi connectivity index (χ0n) is 24.0. The lowest BCUT2D eigenvalue weighted by molar-refractivity contribution is -0.139. The maximum absolute atomic E-state index is 14.0. The Kier molecular flexibility index (Phi) is 10.1. The van der Waals surface area contributed by atoms with Crippen molar-refractivity contribution in [3.8, 4) is 11.5 Å². The van der Waals surface area contributed by atoms with Crippen LogP contribution in [0.15, 0.2) is 77.7 Å². The fraction of sp³-hybridized carbons (Fsp3) is 0.355. The summed E-state index contributed by atoms with van der Waals surface area (Å²) in [6.07, 6.45) is 1.17. The molecule has 0 aliphatic carbocycles. The van der Waals surface area contributed by atoms with Gasteiger partial charge in [0, 0.05) is 18.7 Å². The van der Waals surface area contributed by atoms with E-state index in [0.717, 1.165) is 22.0 Å². The van der Waals surface area contributed by atoms with Gasteiger partial charge in [-0.3, -0.25) is 13.9 Å². The quantitative estimate of drug-likeness (QED) is 0.336. The van der Waals surface area contributed by atoms with Gasteiger partial charge in [0.15, 0.2) is 11.5 Å². The number of benzene rings is 3. The minimum Gasteiger partial charge on any atom is -0.486 e. The van der Waals surface area contributed by atoms with Crippen LogP contribution < -0.4 is 19.1 Å². The van der Waals surface area contributed by atoms with E-state index < -0.39 is 34.3 Å². The van der Waals surface area contributed by atoms with E-state index >= 15 is 0 Å². The van der Waals surface area contributed by atoms with E-state index in [4.69, 9.17) is 9.47 Å². The largest absolute Gasteiger partial charge is 0.486 e. The van der Waals surface area contributed by atoms with Crippen LogP contribution in [0.5, 0.6) is 11.5 Å². The molecule has 1 aliphatic heterocycles. The summed E-state index contributed by atoms with van der Waals surface area (Å²) in [5.74, 6) is -0.788. The Labute approximate surface area is 246 Å². The van der Waals surface area contributed by atoms with Crippen molar-refractivity contribution in [1.29, 1.82) is 0 Å². The molecule has 224 valence electrons. The van der Waals surface area contributed by atoms with Gasteiger partial charge in [0.25, 0.3) is 10.0 Å². The van der Waals surface area contributed by atoms with Gasteiger partial charge >= 0.3 is 0 Å². The molecule has 1 heterocycles. The molecule has 9 nitrogen and oxygen atoms in total. The average molecular weight is 598 g/mol. The number of sulfonamides is 1. The summed E-state index contributed by atoms with van der Waals surface area (Å²) in [4.78, 5) is 28.3. The third-order valence-electron chi connectivity index (χ3n) is 7.15. The highest BCUT2D eigenvalue weighted by molar-refractivity contribution is 7.92. The lowest BCUT2D eigenvalue weighted by Gasteiger charge is -2.32. The Morgan fingerprint density at radius 2 is 1.62 bits per heavy atom. The minimum absolute atomic E-state index is 0.0966. The Morgan fingerprint density at radius 3 is 2.29 bits per heavy atom. The standard InChI is InChI=1S/C31H36FN3O6S/c1-4-22(2)33-31(37)23(3)34(17-16-24-8-6-5-7-9-24)30(36)21-35(26-12-10-25(32)11-13-26)42(38,39)27-14-15-28-29(20-27)41-19-18-40-28/h5-15,20,22-23H,4,16-19,21H2,1-3H3,(H,33,37). The van der Waals surface area contributed by atoms with E-state index in [1.165, 1.54) is 35.2 Å². The molecule has 4 rings (SSSR count). The Hall–Kier alpha value is -4.12. The van der Waals surface area contributed by atoms with Crippen LogP contribution in [0.4, 0.5) is 10.1 Å². The number of nitrogens with one attached hydrogen (secondary N) is 1. The summed E-state index contributed by atoms with van der Waals surface area (Å²) in [6.45, 7) is 5.62. The van der Waals surface area contributed by atoms with Crippen LogP contribution in [-0.2, 0) is 26.0 Å². The molecule has 2 atom stereocenters. The fourth-order valence-electron chi connectivity index (χ4n) is 4.48. The number of carbonyl (C=O) groups excluding carboxylic acids is 2. The van der Waals surface area contributed by atoms with Gasteiger partial charge in [0.1, 0.15) is 31.6 Å². The van der Waals surface area contributed by atoms with Gasteiger partial charge < -0.3 is 19.7 Å². The molecule has 0 spiro atoms. The van der Waals surface area contributed by atoms with Crippen LogP contribution in [0.2, 0.25) is 0 Å². The lowest BCUT2D eigenvalue weighted by Crippen LogP contribution is -2.53. The maximum Gasteiger partial charge on any atom is 0.264 e. The molecule has 0 bridgehead atoms. The summed E-state index contributed by atoms with van der Waals surface area (Å²) in [6, 6.07) is 17.6. The number of rotatable bonds is 12. The highest BCUT2D eigenvalue weighted by atomic mass is 32.2. The number of hydrogen-bond acceptors (Lipinski definition) is 6. The van der Waals surface area contributed by atoms with Gasteiger partial charge in [-0.2, -0.15) is 0 Å². The highest BCUT2D eigenvalue weighted by Crippen LogP contribution is 2.34. The molecule has 0 aromatic heterocycles. The molecule has 0 saturated heterocycles. The molecule has 0 fully saturated rings. The van der Waals surface area contributed by atoms with Gasteiger partial charge in [-0.05, 0) is 68.7 Å². The van der Waals surface area contributed by atoms with Gasteiger partial charge in [0.2, 0.25) is 11.8 Å². The van der Waals surface area contributed by atoms with Crippen molar-refractivity contribution in [2.45, 2.75) is 50.6 Å². The van der Waals surface area contributed by atoms with Crippen molar-refractivity contribution in [3.63, 3.8) is 0 Å². The number of fused-ring (bicyclic) bond motifs is 1. The number of nitrogens with zero attached hydrogens (tertiary/aromatic N) is 2. The molecule has 2 amide bonds. The number of carbonyl (C=O) groups is 2. The van der Waals surface area contributed by atoms with Crippen LogP contribution in [0, 0.1) is 5.82 Å². The zero-order chi connectivity index (χ0) is 30.3. The lowest BCUT2D eigenvalue weighted by atomic mass is 10.1. The number of halogens is 1. The van der Waals surface area contributed by atoms with E-state index in [1.54, 1.807) is 6.92 Å². The Balaban J connectivity index is 1.67. The van der Waals surface area contributed by atoms with Gasteiger partial charge in [-0.15, -0.1) is 0 Å². The van der Waals surface area contributed by atoms with Crippen LogP contribution in [0.1, 0.15) is 32.8 Å². The molecule has 0 radical (unpaired) electrons. The maximum atomic E-state index is 14.0. The van der Waals surface area contributed by atoms with E-state index in [1.807, 2.05) is 44.2 Å². The molecule has 42 heavy (non-hydrogen) atoms. The SMILES string of the molecule is CCC(C)NC(=O)C(C)N(CCc1ccccc1)C(=O)CN(c1ccc(F)cc1)S(=O)(=O)c1ccc2c(c1)OCCO2. The third-order valence-corrected chi connectivity index (χ3v) is 8.92. The van der Waals surface area contributed by atoms with Crippen LogP contribution in [0.25, 0.3) is 0 Å². The van der Waals surface area contributed by atoms with Crippen molar-refractivity contribution in [2.24, 2.45) is 0 Å². The second kappa shape index (κ2) is 13.7. The van der Waals surface area contributed by atoms with Gasteiger partial charge in [-0.25, -0.2) is 12.8 Å². The molecular weight excluding hydrogens is 561 g/mol. The number of anilines is 1. The fourth-order valence-corrected chi connectivity index (χ4v) is 5.91. The molecule has 3 aromatic carbocycles. The minimum atomic E-state index is -4.34. The van der Waals surface area contributed by atoms with Crippen LogP contribution >= 0.6 is 0 Å². The molecule has 3 aromatic rings. The van der Waals surface area contributed by atoms with E-state index in [-0.39, 0.29) is 41.4 Å². The van der Waals surface area contributed by atoms with Gasteiger partial charge in [0.05, 0.1) is 10.6 Å². The summed E-state index contributed by atoms with van der Waals surface area (Å²) in [5, 5.41) is 2.91. The first-order valence-electron chi connectivity index (χ1n) is 13.9. The van der Waals surface area contributed by atoms with Crippen molar-refractivity contribution in [3.05, 3.63) is 84.2 Å². The topological polar surface area (TPSA) is 105 Å². The summed E-state index contributed by atoms with van der Waals surface area (Å²) in [5.41, 5.74) is 1.06. The van der Waals surface area contributed by atoms with Crippen LogP contribution in [0.3, 0.4) is 0 Å². The average Bonchev–Trinajstić information content (AvgIpc) is 3.00. The number of hydrogen-bond donors (Lipinski definition) is 1. The van der Waals surface area contributed by atoms with E-state index in [0.29, 0.717) is 25.2 Å². The Morgan fingerprint density at radius 1 is 0.952 bits per heavy atom. The van der Waals surface area contributed by atoms with E-state index in [9.17, 15) is 22.4 Å². The summed E-state index contributed by atoms with van der Waals surface area (Å²) >= 11 is 0. The zero-order valence-corrected chi connectivity index (χ0v) is 24.8. The summed E-state index contributed by atoms with van der Waals surface area (Å²) in [7, 11) is -4.34.